The molecule has 0 radical (unpaired) electrons. The quantitative estimate of drug-likeness (QED) is 0.591. The fourth-order valence-corrected chi connectivity index (χ4v) is 2.41. The Morgan fingerprint density at radius 2 is 2.30 bits per heavy atom. The highest BCUT2D eigenvalue weighted by Gasteiger charge is 2.39. The summed E-state index contributed by atoms with van der Waals surface area (Å²) in [6.07, 6.45) is 7.41. The smallest absolute Gasteiger partial charge is 0.247 e. The molecule has 2 rings (SSSR count). The average Bonchev–Trinajstić information content (AvgIpc) is 3.03. The number of hydrogen-bond acceptors (Lipinski definition) is 4. The predicted molar refractivity (Wildman–Crippen MR) is 74.9 cm³/mol. The summed E-state index contributed by atoms with van der Waals surface area (Å²) >= 11 is 0. The Hall–Kier alpha value is -1.69. The Bertz CT molecular complexity index is 458. The van der Waals surface area contributed by atoms with Crippen molar-refractivity contribution < 1.29 is 9.59 Å². The maximum atomic E-state index is 12.2. The van der Waals surface area contributed by atoms with Gasteiger partial charge >= 0.3 is 0 Å². The van der Waals surface area contributed by atoms with Crippen LogP contribution < -0.4 is 5.32 Å². The number of imidazole rings is 1. The molecule has 0 saturated carbocycles. The first-order valence-electron chi connectivity index (χ1n) is 7.18. The second-order valence-electron chi connectivity index (χ2n) is 5.22. The van der Waals surface area contributed by atoms with E-state index < -0.39 is 0 Å². The fourth-order valence-electron chi connectivity index (χ4n) is 2.41. The molecule has 2 unspecified atom stereocenters. The minimum absolute atomic E-state index is 0.00671. The summed E-state index contributed by atoms with van der Waals surface area (Å²) in [5.74, 6) is -0.136. The van der Waals surface area contributed by atoms with E-state index in [-0.39, 0.29) is 30.3 Å². The van der Waals surface area contributed by atoms with E-state index in [1.165, 1.54) is 4.90 Å². The van der Waals surface area contributed by atoms with Gasteiger partial charge in [0.1, 0.15) is 0 Å². The van der Waals surface area contributed by atoms with E-state index in [4.69, 9.17) is 0 Å². The molecule has 2 heterocycles. The van der Waals surface area contributed by atoms with Crippen LogP contribution in [0.15, 0.2) is 18.7 Å². The van der Waals surface area contributed by atoms with Crippen LogP contribution in [0.5, 0.6) is 0 Å². The molecule has 0 aromatic carbocycles. The Balaban J connectivity index is 1.76. The third kappa shape index (κ3) is 3.25. The predicted octanol–water partition coefficient (Wildman–Crippen LogP) is 0.789. The van der Waals surface area contributed by atoms with Gasteiger partial charge in [-0.05, 0) is 26.3 Å². The van der Waals surface area contributed by atoms with Crippen molar-refractivity contribution in [2.45, 2.75) is 51.7 Å². The van der Waals surface area contributed by atoms with Crippen LogP contribution >= 0.6 is 0 Å². The van der Waals surface area contributed by atoms with Crippen LogP contribution in [0.4, 0.5) is 0 Å². The van der Waals surface area contributed by atoms with Gasteiger partial charge in [-0.1, -0.05) is 6.92 Å². The Kier molecular flexibility index (Phi) is 4.89. The summed E-state index contributed by atoms with van der Waals surface area (Å²) in [7, 11) is 0. The van der Waals surface area contributed by atoms with E-state index >= 15 is 0 Å². The zero-order chi connectivity index (χ0) is 14.5. The molecule has 1 N–H and O–H groups in total. The number of nitrogens with one attached hydrogen (secondary N) is 1. The van der Waals surface area contributed by atoms with Crippen molar-refractivity contribution in [2.75, 3.05) is 6.54 Å². The van der Waals surface area contributed by atoms with Crippen molar-refractivity contribution in [2.24, 2.45) is 0 Å². The molecule has 0 spiro atoms. The van der Waals surface area contributed by atoms with Crippen molar-refractivity contribution in [1.82, 2.24) is 19.8 Å². The van der Waals surface area contributed by atoms with Gasteiger partial charge in [0.2, 0.25) is 11.8 Å². The molecule has 0 aliphatic carbocycles. The molecule has 1 aliphatic rings. The van der Waals surface area contributed by atoms with Gasteiger partial charge in [-0.15, -0.1) is 0 Å². The molecular weight excluding hydrogens is 256 g/mol. The largest absolute Gasteiger partial charge is 0.337 e. The highest BCUT2D eigenvalue weighted by Crippen LogP contribution is 2.17. The van der Waals surface area contributed by atoms with Crippen molar-refractivity contribution in [1.29, 1.82) is 0 Å². The summed E-state index contributed by atoms with van der Waals surface area (Å²) in [5.41, 5.74) is 0. The lowest BCUT2D eigenvalue weighted by Crippen LogP contribution is -2.43. The number of carbonyl (C=O) groups excluding carboxylic acids is 2. The summed E-state index contributed by atoms with van der Waals surface area (Å²) in [6.45, 7) is 5.47. The van der Waals surface area contributed by atoms with Crippen LogP contribution in [0.2, 0.25) is 0 Å². The Morgan fingerprint density at radius 3 is 2.95 bits per heavy atom. The lowest BCUT2D eigenvalue weighted by Gasteiger charge is -2.21. The molecule has 1 aromatic heterocycles. The molecular formula is C14H22N4O2. The Morgan fingerprint density at radius 1 is 1.50 bits per heavy atom. The van der Waals surface area contributed by atoms with E-state index in [0.717, 1.165) is 25.9 Å². The van der Waals surface area contributed by atoms with Gasteiger partial charge in [-0.25, -0.2) is 4.98 Å². The average molecular weight is 278 g/mol. The van der Waals surface area contributed by atoms with Crippen LogP contribution in [-0.2, 0) is 16.1 Å². The molecule has 2 atom stereocenters. The summed E-state index contributed by atoms with van der Waals surface area (Å²) in [5, 5.41) is 3.19. The van der Waals surface area contributed by atoms with E-state index in [2.05, 4.69) is 10.3 Å². The molecule has 1 fully saturated rings. The summed E-state index contributed by atoms with van der Waals surface area (Å²) in [6, 6.07) is -0.355. The Labute approximate surface area is 119 Å². The second kappa shape index (κ2) is 6.65. The van der Waals surface area contributed by atoms with Crippen LogP contribution in [0.3, 0.4) is 0 Å². The van der Waals surface area contributed by atoms with Gasteiger partial charge in [0.05, 0.1) is 18.8 Å². The third-order valence-electron chi connectivity index (χ3n) is 3.76. The normalized spacial score (nSPS) is 20.7. The highest BCUT2D eigenvalue weighted by atomic mass is 16.2. The number of carbonyl (C=O) groups is 2. The van der Waals surface area contributed by atoms with Crippen molar-refractivity contribution in [3.8, 4) is 0 Å². The lowest BCUT2D eigenvalue weighted by atomic mass is 10.2. The van der Waals surface area contributed by atoms with Crippen LogP contribution in [-0.4, -0.2) is 44.9 Å². The molecule has 110 valence electrons. The van der Waals surface area contributed by atoms with Gasteiger partial charge in [0.25, 0.3) is 0 Å². The number of hydrogen-bond donors (Lipinski definition) is 1. The SMILES string of the molecule is CCC(C)N1C(=O)CC(NCCCn2ccnc2)C1=O. The summed E-state index contributed by atoms with van der Waals surface area (Å²) in [4.78, 5) is 29.4. The topological polar surface area (TPSA) is 67.2 Å². The maximum Gasteiger partial charge on any atom is 0.247 e. The minimum atomic E-state index is -0.348. The molecule has 1 saturated heterocycles. The van der Waals surface area contributed by atoms with Crippen molar-refractivity contribution in [3.63, 3.8) is 0 Å². The number of aromatic nitrogens is 2. The highest BCUT2D eigenvalue weighted by molar-refractivity contribution is 6.05. The molecule has 2 amide bonds. The number of amides is 2. The number of likely N-dealkylation sites (tertiary alicyclic amines) is 1. The first-order valence-corrected chi connectivity index (χ1v) is 7.18. The number of rotatable bonds is 7. The molecule has 1 aromatic rings. The zero-order valence-electron chi connectivity index (χ0n) is 12.1. The van der Waals surface area contributed by atoms with Gasteiger partial charge in [-0.3, -0.25) is 14.5 Å². The second-order valence-corrected chi connectivity index (χ2v) is 5.22. The maximum absolute atomic E-state index is 12.2. The lowest BCUT2D eigenvalue weighted by molar-refractivity contribution is -0.141. The van der Waals surface area contributed by atoms with Gasteiger partial charge in [-0.2, -0.15) is 0 Å². The first-order chi connectivity index (χ1) is 9.63. The van der Waals surface area contributed by atoms with Gasteiger partial charge in [0.15, 0.2) is 0 Å². The van der Waals surface area contributed by atoms with Crippen LogP contribution in [0.25, 0.3) is 0 Å². The fraction of sp³-hybridized carbons (Fsp3) is 0.643. The van der Waals surface area contributed by atoms with Crippen LogP contribution in [0, 0.1) is 0 Å². The number of imide groups is 1. The molecule has 0 bridgehead atoms. The van der Waals surface area contributed by atoms with Gasteiger partial charge in [0, 0.05) is 25.0 Å². The first kappa shape index (κ1) is 14.7. The van der Waals surface area contributed by atoms with E-state index in [1.54, 1.807) is 12.5 Å². The number of aryl methyl sites for hydroxylation is 1. The zero-order valence-corrected chi connectivity index (χ0v) is 12.1. The third-order valence-corrected chi connectivity index (χ3v) is 3.76. The number of nitrogens with zero attached hydrogens (tertiary/aromatic N) is 3. The van der Waals surface area contributed by atoms with Gasteiger partial charge < -0.3 is 9.88 Å². The monoisotopic (exact) mass is 278 g/mol. The van der Waals surface area contributed by atoms with Crippen molar-refractivity contribution in [3.05, 3.63) is 18.7 Å². The van der Waals surface area contributed by atoms with Crippen molar-refractivity contribution >= 4 is 11.8 Å². The molecule has 20 heavy (non-hydrogen) atoms. The molecule has 6 heteroatoms. The molecule has 1 aliphatic heterocycles. The van der Waals surface area contributed by atoms with E-state index in [1.807, 2.05) is 24.6 Å². The molecule has 6 nitrogen and oxygen atoms in total. The van der Waals surface area contributed by atoms with E-state index in [0.29, 0.717) is 0 Å². The minimum Gasteiger partial charge on any atom is -0.337 e. The standard InChI is InChI=1S/C14H22N4O2/c1-3-11(2)18-13(19)9-12(14(18)20)16-5-4-7-17-8-6-15-10-17/h6,8,10-12,16H,3-5,7,9H2,1-2H3. The van der Waals surface area contributed by atoms with Crippen LogP contribution in [0.1, 0.15) is 33.1 Å². The summed E-state index contributed by atoms with van der Waals surface area (Å²) < 4.78 is 1.99. The van der Waals surface area contributed by atoms with E-state index in [9.17, 15) is 9.59 Å².